The van der Waals surface area contributed by atoms with E-state index in [4.69, 9.17) is 12.2 Å². The van der Waals surface area contributed by atoms with Gasteiger partial charge < -0.3 is 4.90 Å². The first-order valence-electron chi connectivity index (χ1n) is 4.60. The first kappa shape index (κ1) is 10.7. The van der Waals surface area contributed by atoms with E-state index in [1.54, 1.807) is 11.8 Å². The van der Waals surface area contributed by atoms with Gasteiger partial charge >= 0.3 is 0 Å². The van der Waals surface area contributed by atoms with Crippen LogP contribution < -0.4 is 0 Å². The van der Waals surface area contributed by atoms with Gasteiger partial charge in [-0.25, -0.2) is 8.42 Å². The van der Waals surface area contributed by atoms with Gasteiger partial charge in [-0.15, -0.1) is 0 Å². The van der Waals surface area contributed by atoms with Crippen LogP contribution in [0.3, 0.4) is 0 Å². The van der Waals surface area contributed by atoms with E-state index < -0.39 is 9.84 Å². The Balaban J connectivity index is 2.26. The summed E-state index contributed by atoms with van der Waals surface area (Å²) in [6, 6.07) is 0.427. The number of hydrogen-bond donors (Lipinski definition) is 0. The fourth-order valence-electron chi connectivity index (χ4n) is 2.09. The average Bonchev–Trinajstić information content (AvgIpc) is 2.37. The second-order valence-electron chi connectivity index (χ2n) is 4.07. The molecule has 80 valence electrons. The molecule has 0 aromatic heterocycles. The largest absolute Gasteiger partial charge is 0.350 e. The lowest BCUT2D eigenvalue weighted by Gasteiger charge is -2.27. The molecule has 2 aliphatic heterocycles. The number of sulfone groups is 1. The second-order valence-corrected chi connectivity index (χ2v) is 8.09. The van der Waals surface area contributed by atoms with Crippen molar-refractivity contribution in [2.75, 3.05) is 11.5 Å². The van der Waals surface area contributed by atoms with E-state index in [9.17, 15) is 8.42 Å². The van der Waals surface area contributed by atoms with Gasteiger partial charge in [0.2, 0.25) is 0 Å². The molecule has 14 heavy (non-hydrogen) atoms. The molecule has 2 unspecified atom stereocenters. The van der Waals surface area contributed by atoms with Crippen molar-refractivity contribution in [3.05, 3.63) is 0 Å². The first-order valence-corrected chi connectivity index (χ1v) is 7.71. The molecule has 2 heterocycles. The maximum atomic E-state index is 11.4. The van der Waals surface area contributed by atoms with Crippen LogP contribution in [-0.4, -0.2) is 46.5 Å². The minimum Gasteiger partial charge on any atom is -0.350 e. The lowest BCUT2D eigenvalue weighted by Crippen LogP contribution is -2.41. The molecule has 0 aromatic carbocycles. The van der Waals surface area contributed by atoms with Crippen LogP contribution in [0.2, 0.25) is 0 Å². The fourth-order valence-corrected chi connectivity index (χ4v) is 6.70. The van der Waals surface area contributed by atoms with E-state index in [1.807, 2.05) is 0 Å². The maximum Gasteiger partial charge on any atom is 0.153 e. The van der Waals surface area contributed by atoms with E-state index in [0.717, 1.165) is 4.32 Å². The molecular formula is C8H13NO2S3. The summed E-state index contributed by atoms with van der Waals surface area (Å²) in [4.78, 5) is 2.08. The highest BCUT2D eigenvalue weighted by Gasteiger charge is 2.48. The molecule has 0 radical (unpaired) electrons. The molecule has 0 bridgehead atoms. The molecule has 0 amide bonds. The summed E-state index contributed by atoms with van der Waals surface area (Å²) in [6.07, 6.45) is 0. The summed E-state index contributed by atoms with van der Waals surface area (Å²) in [6.45, 7) is 4.11. The fraction of sp³-hybridized carbons (Fsp3) is 0.875. The molecule has 2 atom stereocenters. The second kappa shape index (κ2) is 3.35. The Hall–Kier alpha value is 0.190. The smallest absolute Gasteiger partial charge is 0.153 e. The van der Waals surface area contributed by atoms with Crippen molar-refractivity contribution in [3.63, 3.8) is 0 Å². The van der Waals surface area contributed by atoms with Gasteiger partial charge in [-0.2, -0.15) is 0 Å². The third kappa shape index (κ3) is 1.67. The summed E-state index contributed by atoms with van der Waals surface area (Å²) in [5.74, 6) is 0.578. The summed E-state index contributed by atoms with van der Waals surface area (Å²) in [7, 11) is -2.82. The Kier molecular flexibility index (Phi) is 2.56. The molecule has 2 rings (SSSR count). The average molecular weight is 251 g/mol. The zero-order chi connectivity index (χ0) is 10.5. The minimum atomic E-state index is -2.82. The molecule has 2 fully saturated rings. The number of hydrogen-bond acceptors (Lipinski definition) is 4. The van der Waals surface area contributed by atoms with Crippen LogP contribution in [0, 0.1) is 0 Å². The van der Waals surface area contributed by atoms with Gasteiger partial charge in [0.25, 0.3) is 0 Å². The Morgan fingerprint density at radius 3 is 2.71 bits per heavy atom. The monoisotopic (exact) mass is 251 g/mol. The highest BCUT2D eigenvalue weighted by molar-refractivity contribution is 8.24. The predicted molar refractivity (Wildman–Crippen MR) is 63.4 cm³/mol. The molecule has 0 spiro atoms. The summed E-state index contributed by atoms with van der Waals surface area (Å²) < 4.78 is 23.7. The normalized spacial score (nSPS) is 35.4. The molecule has 0 saturated carbocycles. The van der Waals surface area contributed by atoms with Gasteiger partial charge in [-0.3, -0.25) is 0 Å². The zero-order valence-corrected chi connectivity index (χ0v) is 10.6. The predicted octanol–water partition coefficient (Wildman–Crippen LogP) is 0.894. The highest BCUT2D eigenvalue weighted by Crippen LogP contribution is 2.39. The standard InChI is InChI=1S/C8H13NO2S3/c1-5(2)9-6-3-14(10,11)4-7(6)13-8(9)12/h5-7H,3-4H2,1-2H3. The number of thioether (sulfide) groups is 1. The quantitative estimate of drug-likeness (QED) is 0.647. The molecule has 6 heteroatoms. The third-order valence-corrected chi connectivity index (χ3v) is 6.27. The van der Waals surface area contributed by atoms with Crippen LogP contribution in [0.1, 0.15) is 13.8 Å². The number of thiocarbonyl (C=S) groups is 1. The topological polar surface area (TPSA) is 37.4 Å². The van der Waals surface area contributed by atoms with E-state index in [-0.39, 0.29) is 17.0 Å². The van der Waals surface area contributed by atoms with E-state index in [0.29, 0.717) is 11.8 Å². The van der Waals surface area contributed by atoms with Crippen LogP contribution in [0.25, 0.3) is 0 Å². The molecule has 0 aromatic rings. The van der Waals surface area contributed by atoms with Crippen molar-refractivity contribution >= 4 is 38.1 Å². The third-order valence-electron chi connectivity index (χ3n) is 2.65. The van der Waals surface area contributed by atoms with E-state index >= 15 is 0 Å². The van der Waals surface area contributed by atoms with Crippen molar-refractivity contribution in [1.29, 1.82) is 0 Å². The highest BCUT2D eigenvalue weighted by atomic mass is 32.2. The van der Waals surface area contributed by atoms with E-state index in [2.05, 4.69) is 18.7 Å². The Morgan fingerprint density at radius 1 is 1.50 bits per heavy atom. The van der Waals surface area contributed by atoms with Crippen molar-refractivity contribution < 1.29 is 8.42 Å². The Bertz CT molecular complexity index is 363. The van der Waals surface area contributed by atoms with Crippen molar-refractivity contribution in [3.8, 4) is 0 Å². The minimum absolute atomic E-state index is 0.123. The SMILES string of the molecule is CC(C)N1C(=S)SC2CS(=O)(=O)CC21. The first-order chi connectivity index (χ1) is 6.41. The van der Waals surface area contributed by atoms with Crippen LogP contribution in [0.4, 0.5) is 0 Å². The number of nitrogens with zero attached hydrogens (tertiary/aromatic N) is 1. The van der Waals surface area contributed by atoms with Crippen molar-refractivity contribution in [2.45, 2.75) is 31.2 Å². The summed E-state index contributed by atoms with van der Waals surface area (Å²) in [5, 5.41) is 0.176. The van der Waals surface area contributed by atoms with E-state index in [1.165, 1.54) is 0 Å². The lowest BCUT2D eigenvalue weighted by molar-refractivity contribution is 0.304. The Labute approximate surface area is 94.1 Å². The zero-order valence-electron chi connectivity index (χ0n) is 8.13. The molecule has 2 aliphatic rings. The van der Waals surface area contributed by atoms with Crippen molar-refractivity contribution in [2.24, 2.45) is 0 Å². The van der Waals surface area contributed by atoms with Crippen molar-refractivity contribution in [1.82, 2.24) is 4.90 Å². The van der Waals surface area contributed by atoms with Crippen LogP contribution >= 0.6 is 24.0 Å². The van der Waals surface area contributed by atoms with Gasteiger partial charge in [0, 0.05) is 11.3 Å². The molecule has 0 N–H and O–H groups in total. The number of fused-ring (bicyclic) bond motifs is 1. The van der Waals surface area contributed by atoms with Crippen LogP contribution in [0.5, 0.6) is 0 Å². The van der Waals surface area contributed by atoms with Gasteiger partial charge in [0.1, 0.15) is 4.32 Å². The van der Waals surface area contributed by atoms with Gasteiger partial charge in [-0.05, 0) is 13.8 Å². The van der Waals surface area contributed by atoms with Gasteiger partial charge in [0.15, 0.2) is 9.84 Å². The van der Waals surface area contributed by atoms with Crippen LogP contribution in [0.15, 0.2) is 0 Å². The molecule has 3 nitrogen and oxygen atoms in total. The maximum absolute atomic E-state index is 11.4. The Morgan fingerprint density at radius 2 is 2.14 bits per heavy atom. The van der Waals surface area contributed by atoms with Crippen LogP contribution in [-0.2, 0) is 9.84 Å². The summed E-state index contributed by atoms with van der Waals surface area (Å²) in [5.41, 5.74) is 0. The molecule has 0 aliphatic carbocycles. The summed E-state index contributed by atoms with van der Waals surface area (Å²) >= 11 is 6.79. The van der Waals surface area contributed by atoms with Gasteiger partial charge in [-0.1, -0.05) is 24.0 Å². The number of rotatable bonds is 1. The molecule has 2 saturated heterocycles. The lowest BCUT2D eigenvalue weighted by atomic mass is 10.2. The van der Waals surface area contributed by atoms with Gasteiger partial charge in [0.05, 0.1) is 17.5 Å². The molecular weight excluding hydrogens is 238 g/mol.